The number of nitrogens with one attached hydrogen (secondary N) is 2. The van der Waals surface area contributed by atoms with E-state index >= 15 is 0 Å². The highest BCUT2D eigenvalue weighted by Crippen LogP contribution is 2.08. The fraction of sp³-hybridized carbons (Fsp3) is 0.375. The summed E-state index contributed by atoms with van der Waals surface area (Å²) in [5.74, 6) is -1.42. The zero-order valence-corrected chi connectivity index (χ0v) is 17.8. The molecule has 0 fully saturated rings. The fourth-order valence-corrected chi connectivity index (χ4v) is 2.92. The Morgan fingerprint density at radius 3 is 2.00 bits per heavy atom. The Labute approximate surface area is 178 Å². The number of rotatable bonds is 10. The highest BCUT2D eigenvalue weighted by Gasteiger charge is 2.28. The molecule has 2 atom stereocenters. The summed E-state index contributed by atoms with van der Waals surface area (Å²) < 4.78 is 5.32. The van der Waals surface area contributed by atoms with Crippen molar-refractivity contribution in [3.8, 4) is 0 Å². The van der Waals surface area contributed by atoms with Crippen LogP contribution in [0, 0.1) is 5.92 Å². The Morgan fingerprint density at radius 2 is 1.43 bits per heavy atom. The van der Waals surface area contributed by atoms with Gasteiger partial charge in [-0.2, -0.15) is 0 Å². The molecule has 2 rings (SSSR count). The largest absolute Gasteiger partial charge is 0.451 e. The predicted molar refractivity (Wildman–Crippen MR) is 116 cm³/mol. The zero-order chi connectivity index (χ0) is 21.9. The molecule has 2 N–H and O–H groups in total. The second-order valence-corrected chi connectivity index (χ2v) is 7.56. The molecular weight excluding hydrogens is 380 g/mol. The summed E-state index contributed by atoms with van der Waals surface area (Å²) in [7, 11) is 0. The van der Waals surface area contributed by atoms with Crippen LogP contribution in [0.25, 0.3) is 0 Å². The Bertz CT molecular complexity index is 822. The minimum absolute atomic E-state index is 0.173. The second kappa shape index (κ2) is 11.8. The van der Waals surface area contributed by atoms with Gasteiger partial charge in [-0.05, 0) is 30.4 Å². The zero-order valence-electron chi connectivity index (χ0n) is 17.8. The topological polar surface area (TPSA) is 84.5 Å². The van der Waals surface area contributed by atoms with Gasteiger partial charge < -0.3 is 15.4 Å². The lowest BCUT2D eigenvalue weighted by Crippen LogP contribution is -2.48. The number of carbonyl (C=O) groups excluding carboxylic acids is 3. The number of ether oxygens (including phenoxy) is 1. The Kier molecular flexibility index (Phi) is 9.06. The number of amides is 2. The summed E-state index contributed by atoms with van der Waals surface area (Å²) in [5, 5.41) is 5.50. The monoisotopic (exact) mass is 410 g/mol. The van der Waals surface area contributed by atoms with Crippen LogP contribution in [0.3, 0.4) is 0 Å². The summed E-state index contributed by atoms with van der Waals surface area (Å²) in [6.07, 6.45) is -0.0786. The molecule has 2 amide bonds. The summed E-state index contributed by atoms with van der Waals surface area (Å²) in [6, 6.07) is 18.3. The van der Waals surface area contributed by atoms with Crippen molar-refractivity contribution >= 4 is 17.8 Å². The number of hydrogen-bond donors (Lipinski definition) is 2. The first-order valence-electron chi connectivity index (χ1n) is 10.2. The van der Waals surface area contributed by atoms with E-state index in [1.807, 2.05) is 74.5 Å². The van der Waals surface area contributed by atoms with E-state index in [1.165, 1.54) is 6.92 Å². The SMILES string of the molecule is CC(C)[C@H](NC(=O)Cc1ccccc1)C(=O)O[C@H](C)C(=O)NCCc1ccccc1. The summed E-state index contributed by atoms with van der Waals surface area (Å²) in [5.41, 5.74) is 1.97. The van der Waals surface area contributed by atoms with E-state index in [2.05, 4.69) is 10.6 Å². The third kappa shape index (κ3) is 7.70. The molecule has 0 bridgehead atoms. The summed E-state index contributed by atoms with van der Waals surface area (Å²) >= 11 is 0. The van der Waals surface area contributed by atoms with Crippen molar-refractivity contribution in [3.63, 3.8) is 0 Å². The molecule has 2 aromatic carbocycles. The van der Waals surface area contributed by atoms with Crippen molar-refractivity contribution < 1.29 is 19.1 Å². The van der Waals surface area contributed by atoms with E-state index in [0.29, 0.717) is 13.0 Å². The Morgan fingerprint density at radius 1 is 0.867 bits per heavy atom. The molecule has 0 spiro atoms. The van der Waals surface area contributed by atoms with E-state index in [9.17, 15) is 14.4 Å². The number of hydrogen-bond acceptors (Lipinski definition) is 4. The number of esters is 1. The van der Waals surface area contributed by atoms with Crippen LogP contribution in [0.15, 0.2) is 60.7 Å². The highest BCUT2D eigenvalue weighted by molar-refractivity contribution is 5.88. The Hall–Kier alpha value is -3.15. The van der Waals surface area contributed by atoms with Gasteiger partial charge in [-0.25, -0.2) is 4.79 Å². The maximum absolute atomic E-state index is 12.6. The molecule has 30 heavy (non-hydrogen) atoms. The van der Waals surface area contributed by atoms with Crippen LogP contribution in [-0.2, 0) is 32.0 Å². The van der Waals surface area contributed by atoms with Crippen LogP contribution in [0.4, 0.5) is 0 Å². The van der Waals surface area contributed by atoms with Gasteiger partial charge in [0, 0.05) is 6.54 Å². The lowest BCUT2D eigenvalue weighted by atomic mass is 10.0. The minimum atomic E-state index is -0.944. The molecule has 0 radical (unpaired) electrons. The van der Waals surface area contributed by atoms with Crippen molar-refractivity contribution in [1.29, 1.82) is 0 Å². The van der Waals surface area contributed by atoms with E-state index < -0.39 is 18.1 Å². The van der Waals surface area contributed by atoms with Gasteiger partial charge in [0.1, 0.15) is 6.04 Å². The van der Waals surface area contributed by atoms with Crippen molar-refractivity contribution in [2.45, 2.75) is 45.8 Å². The third-order valence-electron chi connectivity index (χ3n) is 4.66. The molecule has 0 heterocycles. The van der Waals surface area contributed by atoms with Crippen molar-refractivity contribution in [2.24, 2.45) is 5.92 Å². The average molecular weight is 411 g/mol. The fourth-order valence-electron chi connectivity index (χ4n) is 2.92. The number of carbonyl (C=O) groups is 3. The van der Waals surface area contributed by atoms with Crippen molar-refractivity contribution in [3.05, 3.63) is 71.8 Å². The first kappa shape index (κ1) is 23.1. The maximum atomic E-state index is 12.6. The van der Waals surface area contributed by atoms with Crippen molar-refractivity contribution in [1.82, 2.24) is 10.6 Å². The van der Waals surface area contributed by atoms with Gasteiger partial charge in [0.25, 0.3) is 5.91 Å². The molecular formula is C24H30N2O4. The first-order chi connectivity index (χ1) is 14.4. The quantitative estimate of drug-likeness (QED) is 0.590. The summed E-state index contributed by atoms with van der Waals surface area (Å²) in [4.78, 5) is 37.1. The van der Waals surface area contributed by atoms with Crippen LogP contribution in [0.1, 0.15) is 31.9 Å². The van der Waals surface area contributed by atoms with Gasteiger partial charge in [-0.1, -0.05) is 74.5 Å². The average Bonchev–Trinajstić information content (AvgIpc) is 2.73. The molecule has 2 aromatic rings. The first-order valence-corrected chi connectivity index (χ1v) is 10.2. The normalized spacial score (nSPS) is 12.7. The maximum Gasteiger partial charge on any atom is 0.329 e. The lowest BCUT2D eigenvalue weighted by molar-refractivity contribution is -0.158. The second-order valence-electron chi connectivity index (χ2n) is 7.56. The third-order valence-corrected chi connectivity index (χ3v) is 4.66. The molecule has 0 aliphatic rings. The molecule has 0 saturated carbocycles. The van der Waals surface area contributed by atoms with E-state index in [0.717, 1.165) is 11.1 Å². The van der Waals surface area contributed by atoms with Crippen LogP contribution >= 0.6 is 0 Å². The van der Waals surface area contributed by atoms with Gasteiger partial charge in [-0.3, -0.25) is 9.59 Å². The number of benzene rings is 2. The molecule has 0 unspecified atom stereocenters. The molecule has 0 aromatic heterocycles. The standard InChI is InChI=1S/C24H30N2O4/c1-17(2)22(26-21(27)16-20-12-8-5-9-13-20)24(29)30-18(3)23(28)25-15-14-19-10-6-4-7-11-19/h4-13,17-18,22H,14-16H2,1-3H3,(H,25,28)(H,26,27)/t18-,22+/m1/s1. The van der Waals surface area contributed by atoms with Gasteiger partial charge >= 0.3 is 5.97 Å². The van der Waals surface area contributed by atoms with Crippen LogP contribution in [0.5, 0.6) is 0 Å². The van der Waals surface area contributed by atoms with E-state index in [-0.39, 0.29) is 24.2 Å². The molecule has 6 heteroatoms. The Balaban J connectivity index is 1.82. The minimum Gasteiger partial charge on any atom is -0.451 e. The van der Waals surface area contributed by atoms with Crippen LogP contribution in [0.2, 0.25) is 0 Å². The van der Waals surface area contributed by atoms with Gasteiger partial charge in [0.2, 0.25) is 5.91 Å². The van der Waals surface area contributed by atoms with Crippen LogP contribution in [-0.4, -0.2) is 36.5 Å². The highest BCUT2D eigenvalue weighted by atomic mass is 16.5. The lowest BCUT2D eigenvalue weighted by Gasteiger charge is -2.23. The van der Waals surface area contributed by atoms with Gasteiger partial charge in [0.15, 0.2) is 6.10 Å². The van der Waals surface area contributed by atoms with Gasteiger partial charge in [-0.15, -0.1) is 0 Å². The summed E-state index contributed by atoms with van der Waals surface area (Å²) in [6.45, 7) is 5.61. The van der Waals surface area contributed by atoms with E-state index in [1.54, 1.807) is 0 Å². The molecule has 0 aliphatic heterocycles. The molecule has 160 valence electrons. The smallest absolute Gasteiger partial charge is 0.329 e. The van der Waals surface area contributed by atoms with Crippen molar-refractivity contribution in [2.75, 3.05) is 6.54 Å². The van der Waals surface area contributed by atoms with Crippen LogP contribution < -0.4 is 10.6 Å². The molecule has 6 nitrogen and oxygen atoms in total. The molecule has 0 saturated heterocycles. The molecule has 0 aliphatic carbocycles. The predicted octanol–water partition coefficient (Wildman–Crippen LogP) is 2.66. The van der Waals surface area contributed by atoms with E-state index in [4.69, 9.17) is 4.74 Å². The van der Waals surface area contributed by atoms with Gasteiger partial charge in [0.05, 0.1) is 6.42 Å².